The highest BCUT2D eigenvalue weighted by molar-refractivity contribution is 5.98. The predicted octanol–water partition coefficient (Wildman–Crippen LogP) is 3.92. The molecule has 168 valence electrons. The van der Waals surface area contributed by atoms with Gasteiger partial charge in [-0.15, -0.1) is 0 Å². The van der Waals surface area contributed by atoms with Crippen LogP contribution < -0.4 is 10.9 Å². The highest BCUT2D eigenvalue weighted by Gasteiger charge is 2.41. The first kappa shape index (κ1) is 20.6. The van der Waals surface area contributed by atoms with Gasteiger partial charge >= 0.3 is 12.1 Å². The number of alkyl halides is 3. The van der Waals surface area contributed by atoms with Crippen LogP contribution in [-0.4, -0.2) is 21.6 Å². The van der Waals surface area contributed by atoms with Crippen LogP contribution in [0.5, 0.6) is 0 Å². The van der Waals surface area contributed by atoms with E-state index in [1.54, 1.807) is 6.07 Å². The number of nitrogens with zero attached hydrogens (tertiary/aromatic N) is 2. The minimum Gasteiger partial charge on any atom is -0.469 e. The van der Waals surface area contributed by atoms with E-state index >= 15 is 0 Å². The number of aryl methyl sites for hydroxylation is 1. The molecule has 0 bridgehead atoms. The van der Waals surface area contributed by atoms with E-state index in [0.717, 1.165) is 0 Å². The number of rotatable bonds is 3. The average Bonchev–Trinajstić information content (AvgIpc) is 3.55. The van der Waals surface area contributed by atoms with E-state index in [4.69, 9.17) is 8.83 Å². The predicted molar refractivity (Wildman–Crippen MR) is 107 cm³/mol. The molecule has 5 rings (SSSR count). The molecule has 1 aromatic carbocycles. The summed E-state index contributed by atoms with van der Waals surface area (Å²) in [6, 6.07) is 10.4. The van der Waals surface area contributed by atoms with Crippen LogP contribution in [0.2, 0.25) is 0 Å². The van der Waals surface area contributed by atoms with E-state index in [9.17, 15) is 22.8 Å². The van der Waals surface area contributed by atoms with Gasteiger partial charge in [-0.2, -0.15) is 18.3 Å². The van der Waals surface area contributed by atoms with E-state index in [1.807, 2.05) is 0 Å². The summed E-state index contributed by atoms with van der Waals surface area (Å²) in [5.74, 6) is -0.630. The lowest BCUT2D eigenvalue weighted by atomic mass is 9.94. The maximum atomic E-state index is 13.6. The Morgan fingerprint density at radius 1 is 0.939 bits per heavy atom. The summed E-state index contributed by atoms with van der Waals surface area (Å²) in [5, 5.41) is 3.86. The molecule has 4 aromatic rings. The summed E-state index contributed by atoms with van der Waals surface area (Å²) in [6.45, 7) is 0. The number of carbonyl (C=O) groups is 2. The van der Waals surface area contributed by atoms with E-state index in [0.29, 0.717) is 29.1 Å². The number of hydrazine groups is 1. The Labute approximate surface area is 184 Å². The van der Waals surface area contributed by atoms with Gasteiger partial charge < -0.3 is 8.83 Å². The number of halogens is 3. The number of aromatic nitrogens is 2. The minimum absolute atomic E-state index is 0.0215. The number of fused-ring (bicyclic) bond motifs is 3. The van der Waals surface area contributed by atoms with Crippen LogP contribution in [0.3, 0.4) is 0 Å². The van der Waals surface area contributed by atoms with Crippen LogP contribution in [0.4, 0.5) is 13.2 Å². The molecule has 0 fully saturated rings. The fourth-order valence-electron chi connectivity index (χ4n) is 3.77. The van der Waals surface area contributed by atoms with Crippen LogP contribution >= 0.6 is 0 Å². The molecular formula is C22H15F3N4O4. The maximum Gasteiger partial charge on any atom is 0.435 e. The van der Waals surface area contributed by atoms with Crippen molar-refractivity contribution < 1.29 is 31.6 Å². The Morgan fingerprint density at radius 3 is 2.39 bits per heavy atom. The standard InChI is InChI=1S/C22H15F3N4O4/c23-22(24,25)19-15-7-8-16-14(9-11-33-16)18(15)29(28-19)13-5-3-12(4-6-13)20(30)26-27-21(31)17-2-1-10-32-17/h1-6,9-11H,7-8H2,(H,26,30)(H,27,31). The number of amides is 2. The molecule has 3 heterocycles. The third-order valence-electron chi connectivity index (χ3n) is 5.26. The van der Waals surface area contributed by atoms with Crippen molar-refractivity contribution in [2.75, 3.05) is 0 Å². The molecule has 1 aliphatic carbocycles. The largest absolute Gasteiger partial charge is 0.469 e. The molecule has 8 nitrogen and oxygen atoms in total. The lowest BCUT2D eigenvalue weighted by molar-refractivity contribution is -0.142. The van der Waals surface area contributed by atoms with Crippen LogP contribution in [0.15, 0.2) is 63.8 Å². The molecule has 3 aromatic heterocycles. The number of nitrogens with one attached hydrogen (secondary N) is 2. The van der Waals surface area contributed by atoms with E-state index in [1.165, 1.54) is 53.6 Å². The fourth-order valence-corrected chi connectivity index (χ4v) is 3.77. The summed E-state index contributed by atoms with van der Waals surface area (Å²) < 4.78 is 52.5. The van der Waals surface area contributed by atoms with Crippen LogP contribution in [0.25, 0.3) is 16.9 Å². The van der Waals surface area contributed by atoms with Crippen LogP contribution in [0.1, 0.15) is 37.9 Å². The summed E-state index contributed by atoms with van der Waals surface area (Å²) in [5.41, 5.74) is 5.03. The third kappa shape index (κ3) is 3.67. The lowest BCUT2D eigenvalue weighted by Crippen LogP contribution is -2.41. The molecule has 0 aliphatic heterocycles. The van der Waals surface area contributed by atoms with Crippen LogP contribution in [0, 0.1) is 0 Å². The summed E-state index contributed by atoms with van der Waals surface area (Å²) in [7, 11) is 0. The van der Waals surface area contributed by atoms with Crippen molar-refractivity contribution in [2.24, 2.45) is 0 Å². The number of hydrogen-bond acceptors (Lipinski definition) is 5. The van der Waals surface area contributed by atoms with Crippen molar-refractivity contribution in [3.63, 3.8) is 0 Å². The zero-order valence-electron chi connectivity index (χ0n) is 16.8. The molecule has 0 spiro atoms. The van der Waals surface area contributed by atoms with Gasteiger partial charge in [0.2, 0.25) is 0 Å². The second-order valence-corrected chi connectivity index (χ2v) is 7.28. The number of benzene rings is 1. The quantitative estimate of drug-likeness (QED) is 0.455. The van der Waals surface area contributed by atoms with Gasteiger partial charge in [-0.3, -0.25) is 20.4 Å². The van der Waals surface area contributed by atoms with Gasteiger partial charge in [0, 0.05) is 23.1 Å². The fraction of sp³-hybridized carbons (Fsp3) is 0.136. The van der Waals surface area contributed by atoms with E-state index in [-0.39, 0.29) is 23.3 Å². The molecule has 2 amide bonds. The van der Waals surface area contributed by atoms with Gasteiger partial charge in [0.1, 0.15) is 5.76 Å². The SMILES string of the molecule is O=C(NNC(=O)c1ccco1)c1ccc(-n2nc(C(F)(F)F)c3c2-c2ccoc2CC3)cc1. The Bertz CT molecular complexity index is 1340. The average molecular weight is 456 g/mol. The zero-order chi connectivity index (χ0) is 23.2. The van der Waals surface area contributed by atoms with E-state index < -0.39 is 23.7 Å². The molecule has 1 aliphatic rings. The monoisotopic (exact) mass is 456 g/mol. The highest BCUT2D eigenvalue weighted by atomic mass is 19.4. The molecule has 11 heteroatoms. The van der Waals surface area contributed by atoms with Crippen molar-refractivity contribution in [2.45, 2.75) is 19.0 Å². The Balaban J connectivity index is 1.42. The van der Waals surface area contributed by atoms with Gasteiger partial charge in [0.05, 0.1) is 23.9 Å². The van der Waals surface area contributed by atoms with Gasteiger partial charge in [-0.1, -0.05) is 0 Å². The van der Waals surface area contributed by atoms with Crippen molar-refractivity contribution in [1.82, 2.24) is 20.6 Å². The third-order valence-corrected chi connectivity index (χ3v) is 5.26. The molecule has 0 saturated heterocycles. The summed E-state index contributed by atoms with van der Waals surface area (Å²) in [4.78, 5) is 24.2. The van der Waals surface area contributed by atoms with Gasteiger partial charge in [0.15, 0.2) is 11.5 Å². The van der Waals surface area contributed by atoms with Crippen LogP contribution in [-0.2, 0) is 19.0 Å². The normalized spacial score (nSPS) is 12.7. The molecule has 0 saturated carbocycles. The topological polar surface area (TPSA) is 102 Å². The van der Waals surface area contributed by atoms with Crippen molar-refractivity contribution >= 4 is 11.8 Å². The Hall–Kier alpha value is -4.28. The smallest absolute Gasteiger partial charge is 0.435 e. The molecule has 33 heavy (non-hydrogen) atoms. The van der Waals surface area contributed by atoms with Gasteiger partial charge in [-0.25, -0.2) is 4.68 Å². The molecular weight excluding hydrogens is 441 g/mol. The molecule has 0 unspecified atom stereocenters. The Morgan fingerprint density at radius 2 is 1.70 bits per heavy atom. The summed E-state index contributed by atoms with van der Waals surface area (Å²) >= 11 is 0. The molecule has 0 radical (unpaired) electrons. The van der Waals surface area contributed by atoms with Crippen molar-refractivity contribution in [3.05, 3.63) is 83.3 Å². The number of furan rings is 2. The number of carbonyl (C=O) groups excluding carboxylic acids is 2. The van der Waals surface area contributed by atoms with Crippen molar-refractivity contribution in [3.8, 4) is 16.9 Å². The zero-order valence-corrected chi connectivity index (χ0v) is 16.8. The second kappa shape index (κ2) is 7.69. The van der Waals surface area contributed by atoms with E-state index in [2.05, 4.69) is 16.0 Å². The first-order chi connectivity index (χ1) is 15.8. The first-order valence-corrected chi connectivity index (χ1v) is 9.83. The van der Waals surface area contributed by atoms with Gasteiger partial charge in [-0.05, 0) is 48.9 Å². The van der Waals surface area contributed by atoms with Gasteiger partial charge in [0.25, 0.3) is 5.91 Å². The maximum absolute atomic E-state index is 13.6. The lowest BCUT2D eigenvalue weighted by Gasteiger charge is -2.15. The first-order valence-electron chi connectivity index (χ1n) is 9.83. The minimum atomic E-state index is -4.61. The second-order valence-electron chi connectivity index (χ2n) is 7.28. The highest BCUT2D eigenvalue weighted by Crippen LogP contribution is 2.42. The Kier molecular flexibility index (Phi) is 4.81. The summed E-state index contributed by atoms with van der Waals surface area (Å²) in [6.07, 6.45) is -1.34. The molecule has 2 N–H and O–H groups in total. The molecule has 0 atom stereocenters. The number of hydrogen-bond donors (Lipinski definition) is 2. The van der Waals surface area contributed by atoms with Crippen molar-refractivity contribution in [1.29, 1.82) is 0 Å².